The van der Waals surface area contributed by atoms with Crippen molar-refractivity contribution in [1.29, 1.82) is 0 Å². The Labute approximate surface area is 84.6 Å². The molecular weight excluding hydrogens is 176 g/mol. The Morgan fingerprint density at radius 3 is 2.36 bits per heavy atom. The van der Waals surface area contributed by atoms with Gasteiger partial charge >= 0.3 is 5.97 Å². The Bertz CT molecular complexity index is 317. The zero-order chi connectivity index (χ0) is 10.8. The summed E-state index contributed by atoms with van der Waals surface area (Å²) in [6.07, 6.45) is 7.67. The molecule has 0 aromatic rings. The van der Waals surface area contributed by atoms with Crippen molar-refractivity contribution in [2.45, 2.75) is 26.7 Å². The van der Waals surface area contributed by atoms with Gasteiger partial charge in [0.15, 0.2) is 0 Å². The lowest BCUT2D eigenvalue weighted by molar-refractivity contribution is -0.132. The van der Waals surface area contributed by atoms with Crippen LogP contribution in [-0.4, -0.2) is 11.1 Å². The molecule has 0 heterocycles. The first-order valence-electron chi connectivity index (χ1n) is 4.74. The fourth-order valence-corrected chi connectivity index (χ4v) is 1.28. The number of carboxylic acids is 1. The number of aliphatic carboxylic acids is 1. The van der Waals surface area contributed by atoms with Crippen LogP contribution in [0.25, 0.3) is 0 Å². The zero-order valence-electron chi connectivity index (χ0n) is 8.71. The third-order valence-corrected chi connectivity index (χ3v) is 2.77. The van der Waals surface area contributed by atoms with Crippen molar-refractivity contribution in [2.24, 2.45) is 5.41 Å². The molecular formula is C12H16O2. The second-order valence-corrected chi connectivity index (χ2v) is 4.04. The van der Waals surface area contributed by atoms with E-state index in [0.717, 1.165) is 5.57 Å². The molecule has 0 unspecified atom stereocenters. The molecule has 1 fully saturated rings. The number of rotatable bonds is 4. The number of hydrogen-bond donors (Lipinski definition) is 1. The lowest BCUT2D eigenvalue weighted by Crippen LogP contribution is -1.97. The van der Waals surface area contributed by atoms with Crippen molar-refractivity contribution in [3.05, 3.63) is 36.0 Å². The minimum Gasteiger partial charge on any atom is -0.478 e. The molecule has 0 aromatic carbocycles. The summed E-state index contributed by atoms with van der Waals surface area (Å²) in [5.74, 6) is -0.870. The number of carbonyl (C=O) groups is 1. The molecule has 2 heteroatoms. The van der Waals surface area contributed by atoms with Gasteiger partial charge in [0.05, 0.1) is 0 Å². The van der Waals surface area contributed by atoms with Crippen LogP contribution in [0.4, 0.5) is 0 Å². The molecule has 0 atom stereocenters. The van der Waals surface area contributed by atoms with Crippen LogP contribution >= 0.6 is 0 Å². The van der Waals surface area contributed by atoms with Crippen molar-refractivity contribution in [1.82, 2.24) is 0 Å². The van der Waals surface area contributed by atoms with Gasteiger partial charge in [0.25, 0.3) is 0 Å². The summed E-state index contributed by atoms with van der Waals surface area (Å²) >= 11 is 0. The molecule has 1 aliphatic carbocycles. The summed E-state index contributed by atoms with van der Waals surface area (Å²) in [6, 6.07) is 0. The molecule has 0 aliphatic heterocycles. The molecule has 1 N–H and O–H groups in total. The molecule has 0 radical (unpaired) electrons. The normalized spacial score (nSPS) is 20.4. The molecule has 0 spiro atoms. The van der Waals surface area contributed by atoms with Gasteiger partial charge in [-0.15, -0.1) is 0 Å². The lowest BCUT2D eigenvalue weighted by atomic mass is 9.97. The summed E-state index contributed by atoms with van der Waals surface area (Å²) in [5.41, 5.74) is 1.74. The Morgan fingerprint density at radius 2 is 2.00 bits per heavy atom. The summed E-state index contributed by atoms with van der Waals surface area (Å²) in [6.45, 7) is 7.51. The summed E-state index contributed by atoms with van der Waals surface area (Å²) in [5, 5.41) is 8.66. The highest BCUT2D eigenvalue weighted by Gasteiger charge is 2.39. The number of allylic oxidation sites excluding steroid dienone is 4. The van der Waals surface area contributed by atoms with Gasteiger partial charge in [-0.25, -0.2) is 4.79 Å². The smallest absolute Gasteiger partial charge is 0.331 e. The van der Waals surface area contributed by atoms with Gasteiger partial charge in [0.2, 0.25) is 0 Å². The third kappa shape index (κ3) is 2.34. The van der Waals surface area contributed by atoms with Gasteiger partial charge in [0, 0.05) is 5.57 Å². The first-order valence-corrected chi connectivity index (χ1v) is 4.74. The van der Waals surface area contributed by atoms with Gasteiger partial charge in [-0.1, -0.05) is 31.7 Å². The predicted octanol–water partition coefficient (Wildman–Crippen LogP) is 2.93. The average molecular weight is 192 g/mol. The van der Waals surface area contributed by atoms with E-state index in [1.165, 1.54) is 12.8 Å². The van der Waals surface area contributed by atoms with Crippen LogP contribution in [0.2, 0.25) is 0 Å². The van der Waals surface area contributed by atoms with Crippen molar-refractivity contribution in [3.63, 3.8) is 0 Å². The molecule has 1 saturated carbocycles. The fourth-order valence-electron chi connectivity index (χ4n) is 1.28. The zero-order valence-corrected chi connectivity index (χ0v) is 8.71. The Balaban J connectivity index is 2.80. The van der Waals surface area contributed by atoms with E-state index in [1.807, 2.05) is 12.2 Å². The monoisotopic (exact) mass is 192 g/mol. The minimum absolute atomic E-state index is 0.247. The van der Waals surface area contributed by atoms with Gasteiger partial charge in [-0.2, -0.15) is 0 Å². The van der Waals surface area contributed by atoms with Crippen molar-refractivity contribution >= 4 is 5.97 Å². The van der Waals surface area contributed by atoms with Gasteiger partial charge < -0.3 is 5.11 Å². The van der Waals surface area contributed by atoms with E-state index in [4.69, 9.17) is 5.11 Å². The number of carboxylic acid groups (broad SMARTS) is 1. The summed E-state index contributed by atoms with van der Waals surface area (Å²) in [7, 11) is 0. The minimum atomic E-state index is -0.870. The van der Waals surface area contributed by atoms with Crippen LogP contribution in [0.1, 0.15) is 26.7 Å². The van der Waals surface area contributed by atoms with Crippen molar-refractivity contribution < 1.29 is 9.90 Å². The van der Waals surface area contributed by atoms with Crippen LogP contribution < -0.4 is 0 Å². The van der Waals surface area contributed by atoms with Crippen LogP contribution in [0.3, 0.4) is 0 Å². The van der Waals surface area contributed by atoms with Crippen LogP contribution in [0.15, 0.2) is 36.0 Å². The lowest BCUT2D eigenvalue weighted by Gasteiger charge is -2.07. The molecule has 76 valence electrons. The van der Waals surface area contributed by atoms with Gasteiger partial charge in [0.1, 0.15) is 0 Å². The Morgan fingerprint density at radius 1 is 1.43 bits per heavy atom. The molecule has 1 aliphatic rings. The molecule has 1 rings (SSSR count). The number of hydrogen-bond acceptors (Lipinski definition) is 1. The Kier molecular flexibility index (Phi) is 2.94. The van der Waals surface area contributed by atoms with E-state index >= 15 is 0 Å². The first-order chi connectivity index (χ1) is 6.49. The summed E-state index contributed by atoms with van der Waals surface area (Å²) in [4.78, 5) is 10.5. The third-order valence-electron chi connectivity index (χ3n) is 2.77. The maximum Gasteiger partial charge on any atom is 0.331 e. The first kappa shape index (κ1) is 10.8. The second kappa shape index (κ2) is 3.82. The molecule has 14 heavy (non-hydrogen) atoms. The van der Waals surface area contributed by atoms with E-state index in [-0.39, 0.29) is 5.41 Å². The molecule has 0 aromatic heterocycles. The molecule has 0 bridgehead atoms. The topological polar surface area (TPSA) is 37.3 Å². The van der Waals surface area contributed by atoms with Crippen LogP contribution in [-0.2, 0) is 4.79 Å². The highest BCUT2D eigenvalue weighted by Crippen LogP contribution is 2.51. The second-order valence-electron chi connectivity index (χ2n) is 4.04. The van der Waals surface area contributed by atoms with E-state index in [2.05, 4.69) is 13.5 Å². The maximum atomic E-state index is 10.5. The largest absolute Gasteiger partial charge is 0.478 e. The van der Waals surface area contributed by atoms with Crippen LogP contribution in [0.5, 0.6) is 0 Å². The van der Waals surface area contributed by atoms with E-state index in [1.54, 1.807) is 13.0 Å². The average Bonchev–Trinajstić information content (AvgIpc) is 2.85. The molecule has 2 nitrogen and oxygen atoms in total. The standard InChI is InChI=1S/C12H16O2/c1-4-10(12(3)7-8-12)6-5-9(2)11(13)14/h4-6H,1,7-8H2,2-3H3,(H,13,14)/b9-5+,10-6+. The maximum absolute atomic E-state index is 10.5. The van der Waals surface area contributed by atoms with Crippen LogP contribution in [0, 0.1) is 5.41 Å². The van der Waals surface area contributed by atoms with Crippen molar-refractivity contribution in [3.8, 4) is 0 Å². The fraction of sp³-hybridized carbons (Fsp3) is 0.417. The quantitative estimate of drug-likeness (QED) is 0.549. The van der Waals surface area contributed by atoms with Crippen molar-refractivity contribution in [2.75, 3.05) is 0 Å². The molecule has 0 amide bonds. The summed E-state index contributed by atoms with van der Waals surface area (Å²) < 4.78 is 0. The highest BCUT2D eigenvalue weighted by molar-refractivity contribution is 5.86. The van der Waals surface area contributed by atoms with Gasteiger partial charge in [-0.3, -0.25) is 0 Å². The molecule has 0 saturated heterocycles. The van der Waals surface area contributed by atoms with E-state index in [9.17, 15) is 4.79 Å². The van der Waals surface area contributed by atoms with Gasteiger partial charge in [-0.05, 0) is 30.8 Å². The predicted molar refractivity (Wildman–Crippen MR) is 57.0 cm³/mol. The SMILES string of the molecule is C=C/C(=C\C=C(/C)C(=O)O)C1(C)CC1. The van der Waals surface area contributed by atoms with E-state index < -0.39 is 5.97 Å². The highest BCUT2D eigenvalue weighted by atomic mass is 16.4. The Hall–Kier alpha value is -1.31. The van der Waals surface area contributed by atoms with E-state index in [0.29, 0.717) is 5.57 Å².